The molecule has 108 valence electrons. The molecule has 1 unspecified atom stereocenters. The van der Waals surface area contributed by atoms with Crippen molar-refractivity contribution in [2.24, 2.45) is 0 Å². The number of carbonyl (C=O) groups excluding carboxylic acids is 1. The quantitative estimate of drug-likeness (QED) is 0.698. The van der Waals surface area contributed by atoms with Crippen molar-refractivity contribution in [3.05, 3.63) is 29.3 Å². The number of hydrogen-bond acceptors (Lipinski definition) is 5. The van der Waals surface area contributed by atoms with E-state index in [0.717, 1.165) is 0 Å². The molecular formula is C13H15NO6. The summed E-state index contributed by atoms with van der Waals surface area (Å²) >= 11 is 0. The van der Waals surface area contributed by atoms with Crippen LogP contribution in [0.2, 0.25) is 0 Å². The minimum absolute atomic E-state index is 0.159. The molecule has 1 atom stereocenters. The number of carboxylic acids is 1. The third-order valence-electron chi connectivity index (χ3n) is 2.78. The van der Waals surface area contributed by atoms with Crippen molar-refractivity contribution in [1.82, 2.24) is 5.32 Å². The minimum atomic E-state index is -1.10. The van der Waals surface area contributed by atoms with Crippen LogP contribution in [0.1, 0.15) is 22.0 Å². The summed E-state index contributed by atoms with van der Waals surface area (Å²) in [5.74, 6) is -0.910. The van der Waals surface area contributed by atoms with Gasteiger partial charge in [0.05, 0.1) is 18.7 Å². The predicted molar refractivity (Wildman–Crippen MR) is 67.7 cm³/mol. The van der Waals surface area contributed by atoms with E-state index in [9.17, 15) is 14.7 Å². The normalized spacial score (nSPS) is 15.6. The Hall–Kier alpha value is -2.12. The molecule has 1 aromatic rings. The van der Waals surface area contributed by atoms with Crippen LogP contribution in [0.4, 0.5) is 0 Å². The van der Waals surface area contributed by atoms with Gasteiger partial charge in [-0.2, -0.15) is 0 Å². The summed E-state index contributed by atoms with van der Waals surface area (Å²) in [6.07, 6.45) is -1.00. The van der Waals surface area contributed by atoms with Crippen molar-refractivity contribution in [3.8, 4) is 5.75 Å². The molecule has 0 aliphatic carbocycles. The number of carboxylic acid groups (broad SMARTS) is 1. The Morgan fingerprint density at radius 1 is 1.50 bits per heavy atom. The number of aliphatic hydroxyl groups is 1. The molecule has 0 spiro atoms. The van der Waals surface area contributed by atoms with Gasteiger partial charge in [-0.3, -0.25) is 4.79 Å². The van der Waals surface area contributed by atoms with E-state index in [-0.39, 0.29) is 12.5 Å². The summed E-state index contributed by atoms with van der Waals surface area (Å²) in [4.78, 5) is 22.1. The molecule has 0 bridgehead atoms. The summed E-state index contributed by atoms with van der Waals surface area (Å²) in [7, 11) is 0. The first kappa shape index (κ1) is 14.3. The lowest BCUT2D eigenvalue weighted by atomic mass is 10.0. The second-order valence-corrected chi connectivity index (χ2v) is 4.28. The molecule has 1 aromatic carbocycles. The average Bonchev–Trinajstić information content (AvgIpc) is 2.60. The van der Waals surface area contributed by atoms with E-state index in [0.29, 0.717) is 30.0 Å². The van der Waals surface area contributed by atoms with Crippen molar-refractivity contribution in [2.45, 2.75) is 6.10 Å². The Kier molecular flexibility index (Phi) is 4.54. The molecule has 0 aromatic heterocycles. The van der Waals surface area contributed by atoms with E-state index in [4.69, 9.17) is 14.6 Å². The smallest absolute Gasteiger partial charge is 0.329 e. The van der Waals surface area contributed by atoms with Crippen LogP contribution in [0.15, 0.2) is 18.2 Å². The summed E-state index contributed by atoms with van der Waals surface area (Å²) in [6, 6.07) is 4.74. The Bertz CT molecular complexity index is 516. The van der Waals surface area contributed by atoms with Crippen molar-refractivity contribution in [1.29, 1.82) is 0 Å². The van der Waals surface area contributed by atoms with Crippen LogP contribution in [-0.4, -0.2) is 48.5 Å². The lowest BCUT2D eigenvalue weighted by Gasteiger charge is -2.13. The van der Waals surface area contributed by atoms with Crippen molar-refractivity contribution in [3.63, 3.8) is 0 Å². The molecule has 7 nitrogen and oxygen atoms in total. The van der Waals surface area contributed by atoms with Gasteiger partial charge >= 0.3 is 5.97 Å². The topological polar surface area (TPSA) is 105 Å². The second-order valence-electron chi connectivity index (χ2n) is 4.28. The first-order valence-electron chi connectivity index (χ1n) is 6.10. The molecule has 1 aliphatic rings. The highest BCUT2D eigenvalue weighted by molar-refractivity contribution is 5.97. The van der Waals surface area contributed by atoms with Crippen LogP contribution in [0, 0.1) is 0 Å². The van der Waals surface area contributed by atoms with Gasteiger partial charge in [-0.1, -0.05) is 6.07 Å². The largest absolute Gasteiger partial charge is 0.491 e. The number of aliphatic hydroxyl groups excluding tert-OH is 1. The summed E-state index contributed by atoms with van der Waals surface area (Å²) in [5, 5.41) is 21.0. The molecular weight excluding hydrogens is 266 g/mol. The lowest BCUT2D eigenvalue weighted by Crippen LogP contribution is -2.24. The van der Waals surface area contributed by atoms with Crippen LogP contribution >= 0.6 is 0 Å². The zero-order valence-electron chi connectivity index (χ0n) is 10.7. The maximum atomic E-state index is 11.8. The van der Waals surface area contributed by atoms with Gasteiger partial charge in [-0.25, -0.2) is 4.79 Å². The second kappa shape index (κ2) is 6.36. The van der Waals surface area contributed by atoms with Gasteiger partial charge in [-0.15, -0.1) is 0 Å². The first-order valence-corrected chi connectivity index (χ1v) is 6.10. The van der Waals surface area contributed by atoms with Crippen molar-refractivity contribution >= 4 is 11.9 Å². The molecule has 0 fully saturated rings. The summed E-state index contributed by atoms with van der Waals surface area (Å²) in [5.41, 5.74) is 0.812. The molecule has 1 aliphatic heterocycles. The van der Waals surface area contributed by atoms with E-state index in [1.54, 1.807) is 12.1 Å². The molecule has 2 rings (SSSR count). The van der Waals surface area contributed by atoms with E-state index in [1.807, 2.05) is 0 Å². The Morgan fingerprint density at radius 3 is 3.05 bits per heavy atom. The molecule has 7 heteroatoms. The van der Waals surface area contributed by atoms with Gasteiger partial charge in [0.15, 0.2) is 0 Å². The van der Waals surface area contributed by atoms with Crippen LogP contribution in [0.3, 0.4) is 0 Å². The van der Waals surface area contributed by atoms with Crippen LogP contribution in [-0.2, 0) is 9.53 Å². The fourth-order valence-electron chi connectivity index (χ4n) is 1.83. The molecule has 1 amide bonds. The van der Waals surface area contributed by atoms with E-state index >= 15 is 0 Å². The van der Waals surface area contributed by atoms with Gasteiger partial charge in [0, 0.05) is 0 Å². The van der Waals surface area contributed by atoms with Gasteiger partial charge < -0.3 is 25.0 Å². The molecule has 0 saturated heterocycles. The number of ether oxygens (including phenoxy) is 2. The van der Waals surface area contributed by atoms with Gasteiger partial charge in [0.25, 0.3) is 5.91 Å². The van der Waals surface area contributed by atoms with Gasteiger partial charge in [0.2, 0.25) is 0 Å². The highest BCUT2D eigenvalue weighted by Gasteiger charge is 2.19. The lowest BCUT2D eigenvalue weighted by molar-refractivity contribution is -0.143. The van der Waals surface area contributed by atoms with Crippen molar-refractivity contribution < 1.29 is 29.3 Å². The molecule has 3 N–H and O–H groups in total. The summed E-state index contributed by atoms with van der Waals surface area (Å²) < 4.78 is 10.2. The fraction of sp³-hybridized carbons (Fsp3) is 0.385. The zero-order valence-corrected chi connectivity index (χ0v) is 10.7. The Morgan fingerprint density at radius 2 is 2.30 bits per heavy atom. The minimum Gasteiger partial charge on any atom is -0.491 e. The third-order valence-corrected chi connectivity index (χ3v) is 2.78. The Balaban J connectivity index is 2.09. The Labute approximate surface area is 115 Å². The number of amides is 1. The monoisotopic (exact) mass is 281 g/mol. The number of aliphatic carboxylic acids is 1. The van der Waals surface area contributed by atoms with Crippen LogP contribution < -0.4 is 10.1 Å². The highest BCUT2D eigenvalue weighted by atomic mass is 16.5. The predicted octanol–water partition coefficient (Wildman–Crippen LogP) is -0.0566. The standard InChI is InChI=1S/C13H15NO6/c15-10(6-19-7-12(16)17)8-1-2-11-9(5-8)13(18)14-3-4-20-11/h1-2,5,10,15H,3-4,6-7H2,(H,14,18)(H,16,17). The SMILES string of the molecule is O=C(O)COCC(O)c1ccc2c(c1)C(=O)NCCO2. The van der Waals surface area contributed by atoms with Crippen LogP contribution in [0.5, 0.6) is 5.75 Å². The number of fused-ring (bicyclic) bond motifs is 1. The third kappa shape index (κ3) is 3.46. The first-order chi connectivity index (χ1) is 9.58. The van der Waals surface area contributed by atoms with E-state index in [2.05, 4.69) is 5.32 Å². The fourth-order valence-corrected chi connectivity index (χ4v) is 1.83. The zero-order chi connectivity index (χ0) is 14.5. The number of benzene rings is 1. The van der Waals surface area contributed by atoms with E-state index < -0.39 is 18.7 Å². The molecule has 20 heavy (non-hydrogen) atoms. The molecule has 0 radical (unpaired) electrons. The average molecular weight is 281 g/mol. The summed E-state index contributed by atoms with van der Waals surface area (Å²) in [6.45, 7) is 0.175. The van der Waals surface area contributed by atoms with Gasteiger partial charge in [0.1, 0.15) is 25.1 Å². The molecule has 1 heterocycles. The molecule has 0 saturated carbocycles. The maximum absolute atomic E-state index is 11.8. The van der Waals surface area contributed by atoms with Gasteiger partial charge in [-0.05, 0) is 17.7 Å². The van der Waals surface area contributed by atoms with E-state index in [1.165, 1.54) is 6.07 Å². The van der Waals surface area contributed by atoms with Crippen molar-refractivity contribution in [2.75, 3.05) is 26.4 Å². The number of rotatable bonds is 5. The number of nitrogens with one attached hydrogen (secondary N) is 1. The highest BCUT2D eigenvalue weighted by Crippen LogP contribution is 2.25. The van der Waals surface area contributed by atoms with Crippen LogP contribution in [0.25, 0.3) is 0 Å². The number of carbonyl (C=O) groups is 2. The maximum Gasteiger partial charge on any atom is 0.329 e. The number of hydrogen-bond donors (Lipinski definition) is 3.